The van der Waals surface area contributed by atoms with Gasteiger partial charge in [0.05, 0.1) is 0 Å². The lowest BCUT2D eigenvalue weighted by Gasteiger charge is -2.16. The van der Waals surface area contributed by atoms with Gasteiger partial charge >= 0.3 is 6.18 Å². The molecule has 0 amide bonds. The summed E-state index contributed by atoms with van der Waals surface area (Å²) in [6, 6.07) is 5.17. The first-order chi connectivity index (χ1) is 6.41. The van der Waals surface area contributed by atoms with Crippen LogP contribution in [0, 0.1) is 6.92 Å². The van der Waals surface area contributed by atoms with E-state index in [0.717, 1.165) is 5.56 Å². The fraction of sp³-hybridized carbons (Fsp3) is 0.400. The highest BCUT2D eigenvalue weighted by molar-refractivity contribution is 5.85. The molecular formula is C10H13ClF3N. The van der Waals surface area contributed by atoms with Crippen molar-refractivity contribution in [2.24, 2.45) is 5.73 Å². The fourth-order valence-electron chi connectivity index (χ4n) is 1.19. The van der Waals surface area contributed by atoms with Gasteiger partial charge in [-0.2, -0.15) is 13.2 Å². The van der Waals surface area contributed by atoms with Gasteiger partial charge in [-0.3, -0.25) is 0 Å². The average molecular weight is 240 g/mol. The molecular weight excluding hydrogens is 227 g/mol. The summed E-state index contributed by atoms with van der Waals surface area (Å²) in [4.78, 5) is 0. The molecule has 5 heteroatoms. The van der Waals surface area contributed by atoms with Crippen LogP contribution in [0.25, 0.3) is 0 Å². The number of hydrogen-bond acceptors (Lipinski definition) is 1. The maximum absolute atomic E-state index is 12.1. The molecule has 0 aliphatic carbocycles. The molecule has 0 aliphatic heterocycles. The third-order valence-electron chi connectivity index (χ3n) is 2.12. The minimum absolute atomic E-state index is 0. The maximum Gasteiger partial charge on any atom is 0.403 e. The Bertz CT molecular complexity index is 312. The fourth-order valence-corrected chi connectivity index (χ4v) is 1.19. The Morgan fingerprint density at radius 1 is 1.27 bits per heavy atom. The number of nitrogens with two attached hydrogens (primary N) is 1. The molecule has 1 aromatic carbocycles. The van der Waals surface area contributed by atoms with Crippen molar-refractivity contribution in [2.75, 3.05) is 0 Å². The van der Waals surface area contributed by atoms with Crippen LogP contribution in [0.4, 0.5) is 13.2 Å². The summed E-state index contributed by atoms with van der Waals surface area (Å²) in [5.41, 5.74) is 6.52. The lowest BCUT2D eigenvalue weighted by Crippen LogP contribution is -2.39. The number of aryl methyl sites for hydroxylation is 1. The number of rotatable bonds is 2. The van der Waals surface area contributed by atoms with E-state index in [-0.39, 0.29) is 18.8 Å². The Balaban J connectivity index is 0.00000196. The molecule has 0 aromatic heterocycles. The zero-order chi connectivity index (χ0) is 10.8. The van der Waals surface area contributed by atoms with Crippen LogP contribution < -0.4 is 5.73 Å². The monoisotopic (exact) mass is 239 g/mol. The highest BCUT2D eigenvalue weighted by Crippen LogP contribution is 2.22. The molecule has 1 rings (SSSR count). The first-order valence-corrected chi connectivity index (χ1v) is 4.28. The second kappa shape index (κ2) is 5.37. The van der Waals surface area contributed by atoms with Gasteiger partial charge in [-0.15, -0.1) is 12.4 Å². The Kier molecular flexibility index (Phi) is 5.11. The molecule has 1 unspecified atom stereocenters. The SMILES string of the molecule is Cc1ccccc1CC(N)C(F)(F)F.Cl. The summed E-state index contributed by atoms with van der Waals surface area (Å²) in [7, 11) is 0. The first kappa shape index (κ1) is 14.3. The Morgan fingerprint density at radius 2 is 1.80 bits per heavy atom. The van der Waals surface area contributed by atoms with E-state index in [2.05, 4.69) is 0 Å². The van der Waals surface area contributed by atoms with E-state index in [1.54, 1.807) is 31.2 Å². The molecule has 2 N–H and O–H groups in total. The van der Waals surface area contributed by atoms with Gasteiger partial charge in [0, 0.05) is 0 Å². The predicted molar refractivity (Wildman–Crippen MR) is 56.2 cm³/mol. The van der Waals surface area contributed by atoms with Gasteiger partial charge in [0.25, 0.3) is 0 Å². The summed E-state index contributed by atoms with van der Waals surface area (Å²) >= 11 is 0. The van der Waals surface area contributed by atoms with Crippen molar-refractivity contribution in [2.45, 2.75) is 25.6 Å². The highest BCUT2D eigenvalue weighted by atomic mass is 35.5. The average Bonchev–Trinajstić information content (AvgIpc) is 2.07. The normalized spacial score (nSPS) is 13.1. The van der Waals surface area contributed by atoms with Crippen molar-refractivity contribution in [3.63, 3.8) is 0 Å². The molecule has 0 fully saturated rings. The van der Waals surface area contributed by atoms with Crippen molar-refractivity contribution in [3.8, 4) is 0 Å². The minimum atomic E-state index is -4.32. The molecule has 15 heavy (non-hydrogen) atoms. The van der Waals surface area contributed by atoms with Crippen LogP contribution in [-0.4, -0.2) is 12.2 Å². The van der Waals surface area contributed by atoms with E-state index in [4.69, 9.17) is 5.73 Å². The molecule has 0 spiro atoms. The van der Waals surface area contributed by atoms with Crippen LogP contribution in [0.3, 0.4) is 0 Å². The van der Waals surface area contributed by atoms with Crippen LogP contribution in [0.15, 0.2) is 24.3 Å². The van der Waals surface area contributed by atoms with E-state index in [1.165, 1.54) is 0 Å². The smallest absolute Gasteiger partial charge is 0.320 e. The molecule has 1 atom stereocenters. The first-order valence-electron chi connectivity index (χ1n) is 4.28. The minimum Gasteiger partial charge on any atom is -0.320 e. The van der Waals surface area contributed by atoms with E-state index >= 15 is 0 Å². The van der Waals surface area contributed by atoms with Gasteiger partial charge in [0.15, 0.2) is 0 Å². The van der Waals surface area contributed by atoms with Crippen molar-refractivity contribution < 1.29 is 13.2 Å². The Hall–Kier alpha value is -0.740. The van der Waals surface area contributed by atoms with E-state index in [1.807, 2.05) is 0 Å². The molecule has 0 heterocycles. The molecule has 0 saturated carbocycles. The van der Waals surface area contributed by atoms with Crippen LogP contribution in [0.5, 0.6) is 0 Å². The second-order valence-corrected chi connectivity index (χ2v) is 3.28. The van der Waals surface area contributed by atoms with Crippen molar-refractivity contribution in [1.29, 1.82) is 0 Å². The summed E-state index contributed by atoms with van der Waals surface area (Å²) < 4.78 is 36.4. The number of hydrogen-bond donors (Lipinski definition) is 1. The van der Waals surface area contributed by atoms with Crippen LogP contribution in [-0.2, 0) is 6.42 Å². The lowest BCUT2D eigenvalue weighted by atomic mass is 10.0. The highest BCUT2D eigenvalue weighted by Gasteiger charge is 2.36. The lowest BCUT2D eigenvalue weighted by molar-refractivity contribution is -0.147. The van der Waals surface area contributed by atoms with Crippen LogP contribution >= 0.6 is 12.4 Å². The number of halogens is 4. The van der Waals surface area contributed by atoms with Gasteiger partial charge in [-0.05, 0) is 24.5 Å². The van der Waals surface area contributed by atoms with E-state index in [9.17, 15) is 13.2 Å². The summed E-state index contributed by atoms with van der Waals surface area (Å²) in [6.45, 7) is 1.78. The molecule has 1 aromatic rings. The van der Waals surface area contributed by atoms with Crippen LogP contribution in [0.2, 0.25) is 0 Å². The van der Waals surface area contributed by atoms with E-state index in [0.29, 0.717) is 5.56 Å². The van der Waals surface area contributed by atoms with Crippen molar-refractivity contribution in [3.05, 3.63) is 35.4 Å². The molecule has 1 nitrogen and oxygen atoms in total. The topological polar surface area (TPSA) is 26.0 Å². The quantitative estimate of drug-likeness (QED) is 0.844. The molecule has 0 bridgehead atoms. The second-order valence-electron chi connectivity index (χ2n) is 3.28. The number of benzene rings is 1. The van der Waals surface area contributed by atoms with E-state index < -0.39 is 12.2 Å². The summed E-state index contributed by atoms with van der Waals surface area (Å²) in [5.74, 6) is 0. The van der Waals surface area contributed by atoms with Gasteiger partial charge in [0.1, 0.15) is 6.04 Å². The standard InChI is InChI=1S/C10H12F3N.ClH/c1-7-4-2-3-5-8(7)6-9(14)10(11,12)13;/h2-5,9H,6,14H2,1H3;1H. The van der Waals surface area contributed by atoms with Gasteiger partial charge in [0.2, 0.25) is 0 Å². The zero-order valence-corrected chi connectivity index (χ0v) is 9.03. The largest absolute Gasteiger partial charge is 0.403 e. The third kappa shape index (κ3) is 4.10. The summed E-state index contributed by atoms with van der Waals surface area (Å²) in [6.07, 6.45) is -4.47. The van der Waals surface area contributed by atoms with Gasteiger partial charge < -0.3 is 5.73 Å². The predicted octanol–water partition coefficient (Wildman–Crippen LogP) is 2.85. The van der Waals surface area contributed by atoms with Crippen molar-refractivity contribution in [1.82, 2.24) is 0 Å². The van der Waals surface area contributed by atoms with Crippen molar-refractivity contribution >= 4 is 12.4 Å². The zero-order valence-electron chi connectivity index (χ0n) is 8.21. The molecule has 0 saturated heterocycles. The number of alkyl halides is 3. The van der Waals surface area contributed by atoms with Gasteiger partial charge in [-0.25, -0.2) is 0 Å². The molecule has 0 aliphatic rings. The Labute approximate surface area is 92.9 Å². The Morgan fingerprint density at radius 3 is 2.27 bits per heavy atom. The third-order valence-corrected chi connectivity index (χ3v) is 2.12. The maximum atomic E-state index is 12.1. The molecule has 0 radical (unpaired) electrons. The van der Waals surface area contributed by atoms with Crippen LogP contribution in [0.1, 0.15) is 11.1 Å². The summed E-state index contributed by atoms with van der Waals surface area (Å²) in [5, 5.41) is 0. The van der Waals surface area contributed by atoms with Gasteiger partial charge in [-0.1, -0.05) is 24.3 Å². The molecule has 86 valence electrons.